The van der Waals surface area contributed by atoms with E-state index in [4.69, 9.17) is 9.05 Å². The maximum absolute atomic E-state index is 16.6. The molecule has 0 saturated heterocycles. The van der Waals surface area contributed by atoms with Gasteiger partial charge < -0.3 is 0 Å². The third-order valence-corrected chi connectivity index (χ3v) is 24.8. The van der Waals surface area contributed by atoms with Gasteiger partial charge in [-0.05, 0) is 0 Å². The van der Waals surface area contributed by atoms with Crippen molar-refractivity contribution in [3.8, 4) is 0 Å². The van der Waals surface area contributed by atoms with Crippen LogP contribution >= 0.6 is 13.7 Å². The number of rotatable bonds is 12. The normalized spacial score (nSPS) is 16.8. The summed E-state index contributed by atoms with van der Waals surface area (Å²) in [7, 11) is 0. The van der Waals surface area contributed by atoms with Crippen molar-refractivity contribution in [1.29, 1.82) is 0 Å². The first-order chi connectivity index (χ1) is 33.3. The first-order valence-corrected chi connectivity index (χ1v) is 26.8. The van der Waals surface area contributed by atoms with Crippen LogP contribution in [0.1, 0.15) is 17.0 Å². The molecule has 334 valence electrons. The SMILES string of the molecule is O=C(OP(c1ccccc1)(c1ccccc1)(c1ccccc1)c1ccccc1)C1c2ccccc2C=C(O)C1(O)C(=O)OP(c1ccccc1)(c1ccccc1)(c1ccccc1)c1ccccc1. The van der Waals surface area contributed by atoms with Crippen LogP contribution in [0.4, 0.5) is 0 Å². The van der Waals surface area contributed by atoms with Gasteiger partial charge >= 0.3 is 398 Å². The standard InChI is InChI=1S/C60H48O6P2/c61-56-45-46-27-25-26-44-55(46)57(58(62)65-67(47-28-9-1-10-29-47,48-30-11-2-12-31-48,49-32-13-3-14-33-49)50-34-15-4-16-35-50)60(56,64)59(63)66-68(51-36-17-5-18-37-51,52-38-19-6-20-39-52,53-40-21-7-22-41-53)54-42-23-8-24-43-54/h1-45,57,61,64H. The van der Waals surface area contributed by atoms with E-state index in [1.165, 1.54) is 6.08 Å². The molecule has 0 bridgehead atoms. The third-order valence-electron chi connectivity index (χ3n) is 13.5. The van der Waals surface area contributed by atoms with Crippen molar-refractivity contribution in [3.05, 3.63) is 284 Å². The molecule has 1 aliphatic carbocycles. The van der Waals surface area contributed by atoms with E-state index in [-0.39, 0.29) is 5.56 Å². The summed E-state index contributed by atoms with van der Waals surface area (Å²) in [5, 5.41) is 31.9. The first kappa shape index (κ1) is 44.1. The summed E-state index contributed by atoms with van der Waals surface area (Å²) < 4.78 is 15.2. The summed E-state index contributed by atoms with van der Waals surface area (Å²) in [6.07, 6.45) is 1.34. The number of carbonyl (C=O) groups is 2. The van der Waals surface area contributed by atoms with E-state index in [0.717, 1.165) is 0 Å². The molecule has 0 fully saturated rings. The van der Waals surface area contributed by atoms with Gasteiger partial charge in [-0.1, -0.05) is 0 Å². The van der Waals surface area contributed by atoms with Crippen LogP contribution in [0.2, 0.25) is 0 Å². The van der Waals surface area contributed by atoms with Crippen LogP contribution in [0.15, 0.2) is 273 Å². The van der Waals surface area contributed by atoms with Gasteiger partial charge in [0.2, 0.25) is 0 Å². The Morgan fingerprint density at radius 3 is 0.912 bits per heavy atom. The second kappa shape index (κ2) is 17.5. The van der Waals surface area contributed by atoms with Crippen molar-refractivity contribution in [1.82, 2.24) is 0 Å². The molecule has 9 aromatic carbocycles. The molecule has 0 aliphatic heterocycles. The molecule has 0 radical (unpaired) electrons. The van der Waals surface area contributed by atoms with Gasteiger partial charge in [-0.3, -0.25) is 0 Å². The zero-order chi connectivity index (χ0) is 46.7. The molecule has 0 aromatic heterocycles. The van der Waals surface area contributed by atoms with Crippen molar-refractivity contribution in [2.75, 3.05) is 0 Å². The van der Waals surface area contributed by atoms with Gasteiger partial charge in [-0.25, -0.2) is 0 Å². The fourth-order valence-electron chi connectivity index (χ4n) is 10.4. The number of aliphatic hydroxyl groups is 2. The molecule has 0 spiro atoms. The van der Waals surface area contributed by atoms with Crippen LogP contribution in [-0.2, 0) is 18.6 Å². The number of fused-ring (bicyclic) bond motifs is 1. The minimum absolute atomic E-state index is 0.271. The van der Waals surface area contributed by atoms with Gasteiger partial charge in [0.15, 0.2) is 0 Å². The Labute approximate surface area is 396 Å². The molecule has 2 unspecified atom stereocenters. The van der Waals surface area contributed by atoms with Crippen molar-refractivity contribution in [3.63, 3.8) is 0 Å². The quantitative estimate of drug-likeness (QED) is 0.119. The molecule has 8 heteroatoms. The van der Waals surface area contributed by atoms with Crippen LogP contribution in [-0.4, -0.2) is 27.8 Å². The summed E-state index contributed by atoms with van der Waals surface area (Å²) in [6.45, 7) is -9.62. The molecular formula is C60H48O6P2. The second-order valence-electron chi connectivity index (χ2n) is 16.9. The van der Waals surface area contributed by atoms with Crippen LogP contribution in [0.5, 0.6) is 0 Å². The molecule has 9 aromatic rings. The van der Waals surface area contributed by atoms with Gasteiger partial charge in [0.25, 0.3) is 0 Å². The summed E-state index contributed by atoms with van der Waals surface area (Å²) in [5.74, 6) is -4.81. The van der Waals surface area contributed by atoms with Crippen molar-refractivity contribution < 1.29 is 28.8 Å². The molecule has 1 aliphatic rings. The summed E-state index contributed by atoms with van der Waals surface area (Å²) in [5.41, 5.74) is -2.35. The number of carbonyl (C=O) groups excluding carboxylic acids is 2. The van der Waals surface area contributed by atoms with Crippen LogP contribution in [0, 0.1) is 0 Å². The molecule has 0 saturated carbocycles. The molecule has 10 rings (SSSR count). The van der Waals surface area contributed by atoms with Crippen molar-refractivity contribution in [2.24, 2.45) is 0 Å². The third kappa shape index (κ3) is 6.37. The van der Waals surface area contributed by atoms with Gasteiger partial charge in [0, 0.05) is 0 Å². The Hall–Kier alpha value is -7.72. The minimum atomic E-state index is -4.85. The van der Waals surface area contributed by atoms with Gasteiger partial charge in [-0.15, -0.1) is 0 Å². The van der Waals surface area contributed by atoms with Crippen LogP contribution < -0.4 is 42.4 Å². The molecule has 6 nitrogen and oxygen atoms in total. The average molecular weight is 927 g/mol. The Balaban J connectivity index is 1.28. The van der Waals surface area contributed by atoms with E-state index < -0.39 is 42.9 Å². The monoisotopic (exact) mass is 926 g/mol. The maximum atomic E-state index is 16.6. The number of benzene rings is 9. The van der Waals surface area contributed by atoms with Crippen molar-refractivity contribution in [2.45, 2.75) is 11.5 Å². The average Bonchev–Trinajstić information content (AvgIpc) is 3.42. The van der Waals surface area contributed by atoms with Crippen LogP contribution in [0.3, 0.4) is 0 Å². The van der Waals surface area contributed by atoms with E-state index in [2.05, 4.69) is 0 Å². The zero-order valence-corrected chi connectivity index (χ0v) is 38.8. The number of hydrogen-bond donors (Lipinski definition) is 2. The van der Waals surface area contributed by atoms with Gasteiger partial charge in [0.1, 0.15) is 0 Å². The van der Waals surface area contributed by atoms with E-state index in [1.807, 2.05) is 243 Å². The first-order valence-electron chi connectivity index (χ1n) is 22.5. The molecule has 0 heterocycles. The van der Waals surface area contributed by atoms with E-state index in [1.54, 1.807) is 24.3 Å². The molecule has 0 amide bonds. The summed E-state index contributed by atoms with van der Waals surface area (Å²) in [4.78, 5) is 33.0. The van der Waals surface area contributed by atoms with Gasteiger partial charge in [-0.2, -0.15) is 0 Å². The number of hydrogen-bond acceptors (Lipinski definition) is 6. The number of aliphatic hydroxyl groups excluding tert-OH is 1. The predicted molar refractivity (Wildman–Crippen MR) is 279 cm³/mol. The Morgan fingerprint density at radius 1 is 0.368 bits per heavy atom. The fraction of sp³-hybridized carbons (Fsp3) is 0.0333. The van der Waals surface area contributed by atoms with Gasteiger partial charge in [0.05, 0.1) is 0 Å². The van der Waals surface area contributed by atoms with E-state index in [9.17, 15) is 10.2 Å². The van der Waals surface area contributed by atoms with Crippen LogP contribution in [0.25, 0.3) is 6.08 Å². The zero-order valence-electron chi connectivity index (χ0n) is 37.0. The Kier molecular flexibility index (Phi) is 11.4. The molecule has 2 N–H and O–H groups in total. The second-order valence-corrected chi connectivity index (χ2v) is 25.5. The summed E-state index contributed by atoms with van der Waals surface area (Å²) in [6, 6.07) is 83.9. The van der Waals surface area contributed by atoms with E-state index in [0.29, 0.717) is 48.0 Å². The van der Waals surface area contributed by atoms with Crippen molar-refractivity contribution >= 4 is 74.1 Å². The molecular weight excluding hydrogens is 879 g/mol. The topological polar surface area (TPSA) is 93.1 Å². The Bertz CT molecular complexity index is 2910. The Morgan fingerprint density at radius 2 is 0.618 bits per heavy atom. The predicted octanol–water partition coefficient (Wildman–Crippen LogP) is 9.04. The molecule has 68 heavy (non-hydrogen) atoms. The summed E-state index contributed by atoms with van der Waals surface area (Å²) >= 11 is 0. The fourth-order valence-corrected chi connectivity index (χ4v) is 21.7. The van der Waals surface area contributed by atoms with E-state index >= 15 is 9.59 Å². The molecule has 2 atom stereocenters.